The van der Waals surface area contributed by atoms with Crippen LogP contribution in [-0.2, 0) is 4.79 Å². The first kappa shape index (κ1) is 34.1. The second-order valence-corrected chi connectivity index (χ2v) is 6.84. The Balaban J connectivity index is 6.67. The molecular formula is C14H11F19N2O. The molecule has 0 radical (unpaired) electrons. The number of carbonyl (C=O) groups is 1. The summed E-state index contributed by atoms with van der Waals surface area (Å²) in [5, 5.41) is 0.735. The van der Waals surface area contributed by atoms with Crippen LogP contribution in [0.3, 0.4) is 0 Å². The number of nitrogens with two attached hydrogens (primary N) is 1. The Bertz CT molecular complexity index is 788. The van der Waals surface area contributed by atoms with E-state index in [1.807, 2.05) is 0 Å². The SMILES string of the molecule is NCCCCNC(=O)C(F)(F)C(F)(F)C(F)(F)C(F)(F)C(F)(F)C(F)(F)C(F)(F)C(F)(F)C(F)(F)F. The van der Waals surface area contributed by atoms with E-state index in [1.165, 1.54) is 0 Å². The minimum Gasteiger partial charge on any atom is -0.351 e. The van der Waals surface area contributed by atoms with E-state index in [0.717, 1.165) is 5.32 Å². The third-order valence-electron chi connectivity index (χ3n) is 4.32. The highest BCUT2D eigenvalue weighted by Gasteiger charge is 2.97. The van der Waals surface area contributed by atoms with Crippen LogP contribution in [-0.4, -0.2) is 72.6 Å². The lowest BCUT2D eigenvalue weighted by Gasteiger charge is -2.43. The fourth-order valence-electron chi connectivity index (χ4n) is 2.09. The van der Waals surface area contributed by atoms with Gasteiger partial charge in [-0.1, -0.05) is 0 Å². The van der Waals surface area contributed by atoms with Crippen molar-refractivity contribution in [3.63, 3.8) is 0 Å². The summed E-state index contributed by atoms with van der Waals surface area (Å²) < 4.78 is 249. The van der Waals surface area contributed by atoms with Crippen molar-refractivity contribution in [1.82, 2.24) is 5.32 Å². The van der Waals surface area contributed by atoms with Crippen molar-refractivity contribution >= 4 is 5.91 Å². The van der Waals surface area contributed by atoms with Crippen LogP contribution in [0.2, 0.25) is 0 Å². The van der Waals surface area contributed by atoms with Crippen LogP contribution < -0.4 is 11.1 Å². The molecule has 22 heteroatoms. The van der Waals surface area contributed by atoms with E-state index >= 15 is 0 Å². The van der Waals surface area contributed by atoms with Gasteiger partial charge >= 0.3 is 53.6 Å². The average Bonchev–Trinajstić information content (AvgIpc) is 2.68. The van der Waals surface area contributed by atoms with Crippen LogP contribution in [0.1, 0.15) is 12.8 Å². The van der Waals surface area contributed by atoms with Gasteiger partial charge < -0.3 is 11.1 Å². The first-order valence-electron chi connectivity index (χ1n) is 8.56. The van der Waals surface area contributed by atoms with Crippen molar-refractivity contribution in [2.45, 2.75) is 66.4 Å². The molecule has 3 N–H and O–H groups in total. The van der Waals surface area contributed by atoms with Crippen molar-refractivity contribution in [2.75, 3.05) is 13.1 Å². The molecule has 0 spiro atoms. The summed E-state index contributed by atoms with van der Waals surface area (Å²) in [6.45, 7) is -1.34. The van der Waals surface area contributed by atoms with Crippen molar-refractivity contribution in [3.8, 4) is 0 Å². The van der Waals surface area contributed by atoms with Gasteiger partial charge in [0.2, 0.25) is 0 Å². The third-order valence-corrected chi connectivity index (χ3v) is 4.32. The Hall–Kier alpha value is -1.90. The molecule has 0 aromatic rings. The van der Waals surface area contributed by atoms with Crippen LogP contribution in [0.4, 0.5) is 83.4 Å². The fourth-order valence-corrected chi connectivity index (χ4v) is 2.09. The van der Waals surface area contributed by atoms with Gasteiger partial charge in [-0.3, -0.25) is 4.79 Å². The molecule has 1 amide bonds. The minimum absolute atomic E-state index is 0.158. The maximum Gasteiger partial charge on any atom is 0.460 e. The van der Waals surface area contributed by atoms with Crippen LogP contribution in [0.5, 0.6) is 0 Å². The van der Waals surface area contributed by atoms with Crippen LogP contribution >= 0.6 is 0 Å². The lowest BCUT2D eigenvalue weighted by atomic mass is 9.87. The van der Waals surface area contributed by atoms with Crippen molar-refractivity contribution in [2.24, 2.45) is 5.73 Å². The molecular weight excluding hydrogens is 573 g/mol. The molecule has 0 aliphatic rings. The highest BCUT2D eigenvalue weighted by Crippen LogP contribution is 2.65. The lowest BCUT2D eigenvalue weighted by Crippen LogP contribution is -2.76. The molecule has 0 saturated carbocycles. The van der Waals surface area contributed by atoms with E-state index in [1.54, 1.807) is 0 Å². The smallest absolute Gasteiger partial charge is 0.351 e. The highest BCUT2D eigenvalue weighted by atomic mass is 19.4. The van der Waals surface area contributed by atoms with Gasteiger partial charge in [0.05, 0.1) is 0 Å². The van der Waals surface area contributed by atoms with E-state index in [9.17, 15) is 88.2 Å². The summed E-state index contributed by atoms with van der Waals surface area (Å²) in [6, 6.07) is 0. The molecule has 0 fully saturated rings. The average molecular weight is 584 g/mol. The van der Waals surface area contributed by atoms with Gasteiger partial charge in [0, 0.05) is 6.54 Å². The monoisotopic (exact) mass is 584 g/mol. The molecule has 0 bridgehead atoms. The predicted octanol–water partition coefficient (Wildman–Crippen LogP) is 5.49. The maximum absolute atomic E-state index is 13.6. The number of amides is 1. The molecule has 0 aliphatic heterocycles. The van der Waals surface area contributed by atoms with Crippen molar-refractivity contribution in [1.29, 1.82) is 0 Å². The Labute approximate surface area is 186 Å². The second kappa shape index (κ2) is 9.44. The predicted molar refractivity (Wildman–Crippen MR) is 76.9 cm³/mol. The summed E-state index contributed by atoms with van der Waals surface area (Å²) in [4.78, 5) is 11.1. The maximum atomic E-state index is 13.6. The van der Waals surface area contributed by atoms with Gasteiger partial charge in [0.1, 0.15) is 0 Å². The van der Waals surface area contributed by atoms with E-state index in [2.05, 4.69) is 0 Å². The van der Waals surface area contributed by atoms with Gasteiger partial charge in [-0.25, -0.2) is 0 Å². The molecule has 0 atom stereocenters. The second-order valence-electron chi connectivity index (χ2n) is 6.84. The summed E-state index contributed by atoms with van der Waals surface area (Å²) in [5.74, 6) is -71.7. The fraction of sp³-hybridized carbons (Fsp3) is 0.929. The Morgan fingerprint density at radius 1 is 0.500 bits per heavy atom. The minimum atomic E-state index is -9.02. The first-order valence-corrected chi connectivity index (χ1v) is 8.56. The van der Waals surface area contributed by atoms with E-state index < -0.39 is 72.4 Å². The van der Waals surface area contributed by atoms with E-state index in [4.69, 9.17) is 5.73 Å². The topological polar surface area (TPSA) is 55.1 Å². The Morgan fingerprint density at radius 3 is 1.11 bits per heavy atom. The molecule has 0 saturated heterocycles. The normalized spacial score (nSPS) is 15.8. The molecule has 0 aromatic carbocycles. The van der Waals surface area contributed by atoms with Crippen LogP contribution in [0.25, 0.3) is 0 Å². The van der Waals surface area contributed by atoms with Crippen molar-refractivity contribution in [3.05, 3.63) is 0 Å². The summed E-state index contributed by atoms with van der Waals surface area (Å²) in [7, 11) is 0. The van der Waals surface area contributed by atoms with Gasteiger partial charge in [-0.2, -0.15) is 83.4 Å². The highest BCUT2D eigenvalue weighted by molar-refractivity contribution is 5.84. The first-order chi connectivity index (χ1) is 15.5. The summed E-state index contributed by atoms with van der Waals surface area (Å²) in [5.41, 5.74) is 4.90. The molecule has 0 heterocycles. The number of nitrogens with one attached hydrogen (secondary N) is 1. The number of carbonyl (C=O) groups excluding carboxylic acids is 1. The number of hydrogen-bond acceptors (Lipinski definition) is 2. The molecule has 3 nitrogen and oxygen atoms in total. The summed E-state index contributed by atoms with van der Waals surface area (Å²) >= 11 is 0. The zero-order valence-electron chi connectivity index (χ0n) is 16.5. The Morgan fingerprint density at radius 2 is 0.806 bits per heavy atom. The number of rotatable bonds is 12. The quantitative estimate of drug-likeness (QED) is 0.236. The van der Waals surface area contributed by atoms with E-state index in [0.29, 0.717) is 0 Å². The number of hydrogen-bond donors (Lipinski definition) is 2. The van der Waals surface area contributed by atoms with Gasteiger partial charge in [-0.05, 0) is 19.4 Å². The molecule has 36 heavy (non-hydrogen) atoms. The molecule has 216 valence electrons. The molecule has 0 aliphatic carbocycles. The van der Waals surface area contributed by atoms with Crippen molar-refractivity contribution < 1.29 is 88.2 Å². The lowest BCUT2D eigenvalue weighted by molar-refractivity contribution is -0.467. The van der Waals surface area contributed by atoms with Crippen LogP contribution in [0.15, 0.2) is 0 Å². The van der Waals surface area contributed by atoms with Gasteiger partial charge in [0.25, 0.3) is 5.91 Å². The van der Waals surface area contributed by atoms with Crippen LogP contribution in [0, 0.1) is 0 Å². The Kier molecular flexibility index (Phi) is 8.94. The third kappa shape index (κ3) is 4.61. The number of unbranched alkanes of at least 4 members (excludes halogenated alkanes) is 1. The molecule has 0 rings (SSSR count). The standard InChI is InChI=1S/C14H11F19N2O/c15-6(16,5(36)35-4-2-1-3-34)7(17,18)8(19,20)9(21,22)10(23,24)11(25,26)12(27,28)13(29,30)14(31,32)33/h1-4,34H2,(H,35,36). The van der Waals surface area contributed by atoms with E-state index in [-0.39, 0.29) is 13.0 Å². The van der Waals surface area contributed by atoms with Gasteiger partial charge in [-0.15, -0.1) is 0 Å². The molecule has 0 unspecified atom stereocenters. The number of halogens is 19. The summed E-state index contributed by atoms with van der Waals surface area (Å²) in [6.07, 6.45) is -8.55. The largest absolute Gasteiger partial charge is 0.460 e. The molecule has 0 aromatic heterocycles. The zero-order chi connectivity index (χ0) is 29.6. The van der Waals surface area contributed by atoms with Gasteiger partial charge in [0.15, 0.2) is 0 Å². The zero-order valence-corrected chi connectivity index (χ0v) is 16.5. The number of alkyl halides is 19.